The lowest BCUT2D eigenvalue weighted by molar-refractivity contribution is -0.283. The van der Waals surface area contributed by atoms with Crippen LogP contribution in [-0.2, 0) is 31.4 Å². The number of carbonyl (C=O) groups excluding carboxylic acids is 2. The molecule has 0 aliphatic carbocycles. The number of halogens is 2. The maximum atomic E-state index is 15.8. The minimum atomic E-state index is -2.55. The first-order valence-electron chi connectivity index (χ1n) is 15.7. The monoisotopic (exact) mass is 667 g/mol. The van der Waals surface area contributed by atoms with E-state index in [1.165, 1.54) is 29.0 Å². The van der Waals surface area contributed by atoms with Crippen molar-refractivity contribution >= 4 is 23.5 Å². The Morgan fingerprint density at radius 1 is 0.938 bits per heavy atom. The summed E-state index contributed by atoms with van der Waals surface area (Å²) in [4.78, 5) is 30.3. The number of amides is 1. The third-order valence-electron chi connectivity index (χ3n) is 9.44. The third-order valence-corrected chi connectivity index (χ3v) is 10.6. The van der Waals surface area contributed by atoms with Crippen molar-refractivity contribution in [2.45, 2.75) is 41.3 Å². The van der Waals surface area contributed by atoms with E-state index >= 15 is 4.39 Å². The van der Waals surface area contributed by atoms with Gasteiger partial charge in [0.05, 0.1) is 25.9 Å². The van der Waals surface area contributed by atoms with Crippen LogP contribution in [-0.4, -0.2) is 69.5 Å². The lowest BCUT2D eigenvalue weighted by Gasteiger charge is -2.59. The van der Waals surface area contributed by atoms with Crippen LogP contribution in [0.3, 0.4) is 0 Å². The molecule has 2 saturated heterocycles. The van der Waals surface area contributed by atoms with E-state index in [0.29, 0.717) is 11.1 Å². The van der Waals surface area contributed by atoms with Gasteiger partial charge in [-0.1, -0.05) is 84.9 Å². The summed E-state index contributed by atoms with van der Waals surface area (Å²) in [5.41, 5.74) is 4.08. The van der Waals surface area contributed by atoms with E-state index in [9.17, 15) is 19.1 Å². The number of nitrogens with zero attached hydrogens (tertiary/aromatic N) is 3. The van der Waals surface area contributed by atoms with Crippen LogP contribution >= 0.6 is 11.8 Å². The number of thioether (sulfide) groups is 1. The highest BCUT2D eigenvalue weighted by Gasteiger charge is 2.61. The summed E-state index contributed by atoms with van der Waals surface area (Å²) in [5, 5.41) is 15.5. The Morgan fingerprint density at radius 2 is 1.71 bits per heavy atom. The summed E-state index contributed by atoms with van der Waals surface area (Å²) in [6.45, 7) is 0.426. The first-order valence-corrected chi connectivity index (χ1v) is 16.7. The topological polar surface area (TPSA) is 82.5 Å². The normalized spacial score (nSPS) is 25.2. The Hall–Kier alpha value is -4.39. The van der Waals surface area contributed by atoms with Gasteiger partial charge in [0, 0.05) is 35.0 Å². The molecule has 0 saturated carbocycles. The van der Waals surface area contributed by atoms with E-state index in [2.05, 4.69) is 0 Å². The van der Waals surface area contributed by atoms with Crippen LogP contribution in [0.1, 0.15) is 28.3 Å². The Morgan fingerprint density at radius 3 is 2.50 bits per heavy atom. The van der Waals surface area contributed by atoms with Crippen molar-refractivity contribution in [3.8, 4) is 11.1 Å². The second-order valence-corrected chi connectivity index (χ2v) is 13.1. The van der Waals surface area contributed by atoms with Crippen LogP contribution in [0.5, 0.6) is 0 Å². The summed E-state index contributed by atoms with van der Waals surface area (Å²) in [5.74, 6) is -5.55. The van der Waals surface area contributed by atoms with Crippen LogP contribution < -0.4 is 0 Å². The summed E-state index contributed by atoms with van der Waals surface area (Å²) >= 11 is 1.42. The van der Waals surface area contributed by atoms with Gasteiger partial charge in [0.15, 0.2) is 17.7 Å². The van der Waals surface area contributed by atoms with Gasteiger partial charge in [-0.2, -0.15) is 5.01 Å². The largest absolute Gasteiger partial charge is 0.376 e. The first-order chi connectivity index (χ1) is 23.4. The molecule has 0 radical (unpaired) electrons. The molecule has 1 N–H and O–H groups in total. The predicted molar refractivity (Wildman–Crippen MR) is 174 cm³/mol. The number of ketones is 1. The summed E-state index contributed by atoms with van der Waals surface area (Å²) in [6.07, 6.45) is 1.95. The zero-order valence-electron chi connectivity index (χ0n) is 25.7. The first kappa shape index (κ1) is 30.9. The molecule has 2 fully saturated rings. The number of morpholine rings is 1. The average molecular weight is 668 g/mol. The van der Waals surface area contributed by atoms with E-state index in [0.717, 1.165) is 27.7 Å². The van der Waals surface area contributed by atoms with Gasteiger partial charge in [-0.3, -0.25) is 14.6 Å². The SMILES string of the molecule is O=C1C2N(C=CC(=O)C2(O)OCc2ccccc2)N(C2c3ccc(F)c(F)c3CSc3c(-c4ccccc4)cccc32)C2COCCN12. The fourth-order valence-corrected chi connectivity index (χ4v) is 8.41. The molecule has 4 aliphatic heterocycles. The molecule has 4 atom stereocenters. The number of fused-ring (bicyclic) bond motifs is 4. The molecule has 1 amide bonds. The molecule has 11 heteroatoms. The van der Waals surface area contributed by atoms with E-state index in [4.69, 9.17) is 9.47 Å². The highest BCUT2D eigenvalue weighted by atomic mass is 32.2. The molecule has 0 spiro atoms. The van der Waals surface area contributed by atoms with Gasteiger partial charge in [-0.05, 0) is 33.9 Å². The second-order valence-electron chi connectivity index (χ2n) is 12.1. The Labute approximate surface area is 280 Å². The predicted octanol–water partition coefficient (Wildman–Crippen LogP) is 5.41. The molecule has 8 nitrogen and oxygen atoms in total. The number of benzene rings is 4. The van der Waals surface area contributed by atoms with Crippen molar-refractivity contribution in [3.05, 3.63) is 137 Å². The van der Waals surface area contributed by atoms with Crippen molar-refractivity contribution in [3.63, 3.8) is 0 Å². The number of hydrazine groups is 1. The molecule has 4 aromatic rings. The summed E-state index contributed by atoms with van der Waals surface area (Å²) < 4.78 is 42.6. The second kappa shape index (κ2) is 12.2. The lowest BCUT2D eigenvalue weighted by Crippen LogP contribution is -2.78. The molecular weight excluding hydrogens is 636 g/mol. The van der Waals surface area contributed by atoms with E-state index in [1.807, 2.05) is 71.7 Å². The van der Waals surface area contributed by atoms with Gasteiger partial charge < -0.3 is 19.5 Å². The van der Waals surface area contributed by atoms with Crippen molar-refractivity contribution in [2.75, 3.05) is 19.8 Å². The van der Waals surface area contributed by atoms with Gasteiger partial charge in [-0.15, -0.1) is 11.8 Å². The minimum Gasteiger partial charge on any atom is -0.376 e. The maximum Gasteiger partial charge on any atom is 0.263 e. The third kappa shape index (κ3) is 4.96. The zero-order valence-corrected chi connectivity index (χ0v) is 26.5. The molecule has 0 bridgehead atoms. The Bertz CT molecular complexity index is 1930. The molecule has 48 heavy (non-hydrogen) atoms. The van der Waals surface area contributed by atoms with Crippen LogP contribution in [0.15, 0.2) is 108 Å². The number of hydrogen-bond donors (Lipinski definition) is 1. The van der Waals surface area contributed by atoms with Gasteiger partial charge >= 0.3 is 0 Å². The molecule has 4 heterocycles. The number of ether oxygens (including phenoxy) is 2. The number of hydrogen-bond acceptors (Lipinski definition) is 8. The number of rotatable bonds is 5. The minimum absolute atomic E-state index is 0.108. The van der Waals surface area contributed by atoms with E-state index in [-0.39, 0.29) is 37.7 Å². The Balaban J connectivity index is 1.33. The zero-order chi connectivity index (χ0) is 33.0. The quantitative estimate of drug-likeness (QED) is 0.283. The highest BCUT2D eigenvalue weighted by molar-refractivity contribution is 7.98. The van der Waals surface area contributed by atoms with Gasteiger partial charge in [0.2, 0.25) is 5.78 Å². The fourth-order valence-electron chi connectivity index (χ4n) is 7.14. The smallest absolute Gasteiger partial charge is 0.263 e. The summed E-state index contributed by atoms with van der Waals surface area (Å²) in [6, 6.07) is 25.2. The molecular formula is C37H31F2N3O5S. The highest BCUT2D eigenvalue weighted by Crippen LogP contribution is 2.50. The molecule has 0 aromatic heterocycles. The van der Waals surface area contributed by atoms with Crippen molar-refractivity contribution in [2.24, 2.45) is 0 Å². The Kier molecular flexibility index (Phi) is 7.89. The van der Waals surface area contributed by atoms with Crippen LogP contribution in [0, 0.1) is 11.6 Å². The van der Waals surface area contributed by atoms with Gasteiger partial charge in [0.1, 0.15) is 6.17 Å². The van der Waals surface area contributed by atoms with E-state index in [1.54, 1.807) is 23.1 Å². The van der Waals surface area contributed by atoms with Crippen LogP contribution in [0.2, 0.25) is 0 Å². The van der Waals surface area contributed by atoms with Gasteiger partial charge in [-0.25, -0.2) is 8.78 Å². The molecule has 4 aliphatic rings. The molecule has 8 rings (SSSR count). The van der Waals surface area contributed by atoms with Gasteiger partial charge in [0.25, 0.3) is 11.7 Å². The summed E-state index contributed by atoms with van der Waals surface area (Å²) in [7, 11) is 0. The standard InChI is InChI=1S/C37H31F2N3O5S/c38-29-15-14-26-28(32(29)39)22-48-34-25(24-10-5-2-6-11-24)12-7-13-27(34)33(26)42-31-21-46-19-18-40(31)36(44)35-37(45,30(43)16-17-41(35)42)47-20-23-8-3-1-4-9-23/h1-17,31,33,35,45H,18-22H2. The fraction of sp³-hybridized carbons (Fsp3) is 0.243. The maximum absolute atomic E-state index is 15.8. The molecule has 244 valence electrons. The van der Waals surface area contributed by atoms with Crippen LogP contribution in [0.25, 0.3) is 11.1 Å². The number of aliphatic hydroxyl groups is 1. The van der Waals surface area contributed by atoms with Crippen molar-refractivity contribution in [1.29, 1.82) is 0 Å². The van der Waals surface area contributed by atoms with Crippen molar-refractivity contribution in [1.82, 2.24) is 14.9 Å². The van der Waals surface area contributed by atoms with Crippen LogP contribution in [0.4, 0.5) is 8.78 Å². The molecule has 4 aromatic carbocycles. The van der Waals surface area contributed by atoms with E-state index < -0.39 is 47.4 Å². The lowest BCUT2D eigenvalue weighted by atomic mass is 9.89. The average Bonchev–Trinajstić information content (AvgIpc) is 3.29. The molecule has 4 unspecified atom stereocenters. The van der Waals surface area contributed by atoms with Crippen molar-refractivity contribution < 1.29 is 33.0 Å². The number of carbonyl (C=O) groups is 2.